The van der Waals surface area contributed by atoms with Crippen LogP contribution in [0.2, 0.25) is 0 Å². The summed E-state index contributed by atoms with van der Waals surface area (Å²) < 4.78 is 5.82. The number of hydrogen-bond donors (Lipinski definition) is 1. The van der Waals surface area contributed by atoms with Crippen molar-refractivity contribution < 1.29 is 19.4 Å². The molecule has 1 aliphatic rings. The van der Waals surface area contributed by atoms with Gasteiger partial charge in [0.2, 0.25) is 5.78 Å². The number of carbonyl (C=O) groups excluding carboxylic acids is 2. The van der Waals surface area contributed by atoms with Crippen LogP contribution in [0.4, 0.5) is 0 Å². The first-order chi connectivity index (χ1) is 12.1. The Morgan fingerprint density at radius 1 is 0.920 bits per heavy atom. The Bertz CT molecular complexity index is 824. The number of carbonyl (C=O) groups is 2. The van der Waals surface area contributed by atoms with Crippen LogP contribution in [0, 0.1) is 0 Å². The zero-order valence-corrected chi connectivity index (χ0v) is 14.4. The number of likely N-dealkylation sites (N-methyl/N-ethyl adjacent to an activating group) is 1. The van der Waals surface area contributed by atoms with Crippen molar-refractivity contribution in [2.24, 2.45) is 0 Å². The minimum atomic E-state index is -0.374. The van der Waals surface area contributed by atoms with Crippen molar-refractivity contribution in [1.29, 1.82) is 0 Å². The third kappa shape index (κ3) is 3.03. The topological polar surface area (TPSA) is 66.8 Å². The predicted octanol–water partition coefficient (Wildman–Crippen LogP) is 2.89. The molecule has 0 saturated carbocycles. The Kier molecular flexibility index (Phi) is 4.86. The van der Waals surface area contributed by atoms with Crippen molar-refractivity contribution in [2.75, 3.05) is 26.2 Å². The Morgan fingerprint density at radius 3 is 2.24 bits per heavy atom. The van der Waals surface area contributed by atoms with Gasteiger partial charge in [0.25, 0.3) is 0 Å². The van der Waals surface area contributed by atoms with E-state index in [1.807, 2.05) is 0 Å². The lowest BCUT2D eigenvalue weighted by Crippen LogP contribution is -2.28. The number of phenols is 1. The maximum atomic E-state index is 12.9. The van der Waals surface area contributed by atoms with Crippen molar-refractivity contribution in [3.05, 3.63) is 58.7 Å². The molecule has 130 valence electrons. The minimum absolute atomic E-state index is 0.0554. The van der Waals surface area contributed by atoms with Crippen LogP contribution in [0.15, 0.2) is 36.4 Å². The predicted molar refractivity (Wildman–Crippen MR) is 94.7 cm³/mol. The van der Waals surface area contributed by atoms with Gasteiger partial charge < -0.3 is 14.7 Å². The summed E-state index contributed by atoms with van der Waals surface area (Å²) in [5, 5.41) is 10.1. The first-order valence-electron chi connectivity index (χ1n) is 8.48. The van der Waals surface area contributed by atoms with Crippen LogP contribution in [-0.4, -0.2) is 47.8 Å². The summed E-state index contributed by atoms with van der Waals surface area (Å²) in [7, 11) is 0. The Hall–Kier alpha value is -2.66. The van der Waals surface area contributed by atoms with Crippen LogP contribution in [0.1, 0.15) is 45.7 Å². The summed E-state index contributed by atoms with van der Waals surface area (Å²) in [5.41, 5.74) is 0.849. The van der Waals surface area contributed by atoms with E-state index in [1.54, 1.807) is 30.3 Å². The van der Waals surface area contributed by atoms with Gasteiger partial charge >= 0.3 is 0 Å². The van der Waals surface area contributed by atoms with Gasteiger partial charge in [-0.25, -0.2) is 0 Å². The zero-order valence-electron chi connectivity index (χ0n) is 14.4. The molecule has 0 radical (unpaired) electrons. The first kappa shape index (κ1) is 17.2. The third-order valence-corrected chi connectivity index (χ3v) is 4.57. The number of hydrogen-bond acceptors (Lipinski definition) is 5. The normalized spacial score (nSPS) is 12.9. The standard InChI is InChI=1S/C20H21NO4/c1-3-21(4-2)11-12-25-16-10-6-8-14-18(16)20(24)17-13(19(14)23)7-5-9-15(17)22/h5-10,22H,3-4,11-12H2,1-2H3. The molecule has 0 heterocycles. The molecule has 0 bridgehead atoms. The highest BCUT2D eigenvalue weighted by atomic mass is 16.5. The quantitative estimate of drug-likeness (QED) is 0.748. The molecule has 2 aromatic rings. The smallest absolute Gasteiger partial charge is 0.201 e. The number of ketones is 2. The number of fused-ring (bicyclic) bond motifs is 2. The SMILES string of the molecule is CCN(CC)CCOc1cccc2c1C(=O)c1c(O)cccc1C2=O. The molecule has 0 saturated heterocycles. The molecule has 0 spiro atoms. The fraction of sp³-hybridized carbons (Fsp3) is 0.300. The second-order valence-corrected chi connectivity index (χ2v) is 5.91. The molecule has 0 fully saturated rings. The molecule has 0 amide bonds. The molecule has 2 aromatic carbocycles. The van der Waals surface area contributed by atoms with Crippen LogP contribution < -0.4 is 4.74 Å². The third-order valence-electron chi connectivity index (χ3n) is 4.57. The second-order valence-electron chi connectivity index (χ2n) is 5.91. The molecular formula is C20H21NO4. The van der Waals surface area contributed by atoms with Crippen molar-refractivity contribution >= 4 is 11.6 Å². The van der Waals surface area contributed by atoms with Gasteiger partial charge in [-0.1, -0.05) is 38.1 Å². The lowest BCUT2D eigenvalue weighted by atomic mass is 9.83. The van der Waals surface area contributed by atoms with Gasteiger partial charge in [0, 0.05) is 17.7 Å². The molecule has 5 nitrogen and oxygen atoms in total. The largest absolute Gasteiger partial charge is 0.507 e. The maximum Gasteiger partial charge on any atom is 0.201 e. The number of nitrogens with zero attached hydrogens (tertiary/aromatic N) is 1. The highest BCUT2D eigenvalue weighted by Gasteiger charge is 2.34. The monoisotopic (exact) mass is 339 g/mol. The molecule has 3 rings (SSSR count). The van der Waals surface area contributed by atoms with Gasteiger partial charge in [-0.15, -0.1) is 0 Å². The summed E-state index contributed by atoms with van der Waals surface area (Å²) in [5.74, 6) is -0.438. The summed E-state index contributed by atoms with van der Waals surface area (Å²) in [6, 6.07) is 9.57. The zero-order chi connectivity index (χ0) is 18.0. The van der Waals surface area contributed by atoms with E-state index in [2.05, 4.69) is 18.7 Å². The van der Waals surface area contributed by atoms with E-state index in [0.717, 1.165) is 19.6 Å². The van der Waals surface area contributed by atoms with Crippen LogP contribution >= 0.6 is 0 Å². The van der Waals surface area contributed by atoms with Gasteiger partial charge in [-0.2, -0.15) is 0 Å². The number of rotatable bonds is 6. The van der Waals surface area contributed by atoms with Gasteiger partial charge in [0.15, 0.2) is 5.78 Å². The van der Waals surface area contributed by atoms with E-state index in [0.29, 0.717) is 17.9 Å². The van der Waals surface area contributed by atoms with Gasteiger partial charge in [-0.05, 0) is 25.2 Å². The lowest BCUT2D eigenvalue weighted by Gasteiger charge is -2.22. The van der Waals surface area contributed by atoms with Crippen molar-refractivity contribution in [1.82, 2.24) is 4.90 Å². The Labute approximate surface area is 146 Å². The molecular weight excluding hydrogens is 318 g/mol. The number of phenolic OH excluding ortho intramolecular Hbond substituents is 1. The number of benzene rings is 2. The number of aromatic hydroxyl groups is 1. The van der Waals surface area contributed by atoms with Crippen LogP contribution in [0.5, 0.6) is 11.5 Å². The number of ether oxygens (including phenoxy) is 1. The average molecular weight is 339 g/mol. The highest BCUT2D eigenvalue weighted by Crippen LogP contribution is 2.36. The fourth-order valence-corrected chi connectivity index (χ4v) is 3.14. The van der Waals surface area contributed by atoms with Crippen molar-refractivity contribution in [3.8, 4) is 11.5 Å². The minimum Gasteiger partial charge on any atom is -0.507 e. The molecule has 25 heavy (non-hydrogen) atoms. The maximum absolute atomic E-state index is 12.9. The second kappa shape index (κ2) is 7.07. The summed E-state index contributed by atoms with van der Waals surface area (Å²) in [6.45, 7) is 7.16. The molecule has 0 aromatic heterocycles. The van der Waals surface area contributed by atoms with Crippen LogP contribution in [0.3, 0.4) is 0 Å². The van der Waals surface area contributed by atoms with Gasteiger partial charge in [0.05, 0.1) is 11.1 Å². The first-order valence-corrected chi connectivity index (χ1v) is 8.48. The molecule has 0 aliphatic heterocycles. The van der Waals surface area contributed by atoms with Crippen LogP contribution in [0.25, 0.3) is 0 Å². The molecule has 1 aliphatic carbocycles. The summed E-state index contributed by atoms with van der Waals surface area (Å²) >= 11 is 0. The van der Waals surface area contributed by atoms with E-state index in [4.69, 9.17) is 4.74 Å². The van der Waals surface area contributed by atoms with E-state index in [9.17, 15) is 14.7 Å². The molecule has 0 atom stereocenters. The van der Waals surface area contributed by atoms with Crippen LogP contribution in [-0.2, 0) is 0 Å². The lowest BCUT2D eigenvalue weighted by molar-refractivity contribution is 0.0972. The van der Waals surface area contributed by atoms with Gasteiger partial charge in [0.1, 0.15) is 18.1 Å². The Balaban J connectivity index is 1.94. The fourth-order valence-electron chi connectivity index (χ4n) is 3.14. The average Bonchev–Trinajstić information content (AvgIpc) is 2.63. The summed E-state index contributed by atoms with van der Waals surface area (Å²) in [6.07, 6.45) is 0. The molecule has 0 unspecified atom stereocenters. The van der Waals surface area contributed by atoms with Crippen molar-refractivity contribution in [3.63, 3.8) is 0 Å². The van der Waals surface area contributed by atoms with E-state index in [-0.39, 0.29) is 34.0 Å². The highest BCUT2D eigenvalue weighted by molar-refractivity contribution is 6.30. The molecule has 1 N–H and O–H groups in total. The Morgan fingerprint density at radius 2 is 1.56 bits per heavy atom. The van der Waals surface area contributed by atoms with Crippen molar-refractivity contribution in [2.45, 2.75) is 13.8 Å². The van der Waals surface area contributed by atoms with Gasteiger partial charge in [-0.3, -0.25) is 9.59 Å². The van der Waals surface area contributed by atoms with E-state index < -0.39 is 0 Å². The van der Waals surface area contributed by atoms with E-state index in [1.165, 1.54) is 6.07 Å². The van der Waals surface area contributed by atoms with E-state index >= 15 is 0 Å². The molecule has 5 heteroatoms. The summed E-state index contributed by atoms with van der Waals surface area (Å²) in [4.78, 5) is 27.8.